The topological polar surface area (TPSA) is 40.7 Å². The Kier molecular flexibility index (Phi) is 11.0. The molecule has 0 amide bonds. The van der Waals surface area contributed by atoms with Crippen LogP contribution in [0.5, 0.6) is 11.5 Å². The summed E-state index contributed by atoms with van der Waals surface area (Å²) in [4.78, 5) is 9.35. The second kappa shape index (κ2) is 15.5. The highest BCUT2D eigenvalue weighted by Gasteiger charge is 2.15. The van der Waals surface area contributed by atoms with Gasteiger partial charge in [-0.05, 0) is 72.3 Å². The highest BCUT2D eigenvalue weighted by Crippen LogP contribution is 2.25. The molecule has 0 atom stereocenters. The zero-order chi connectivity index (χ0) is 30.7. The third-order valence-electron chi connectivity index (χ3n) is 8.09. The number of ether oxygens (including phenoxy) is 3. The molecule has 4 aromatic carbocycles. The summed E-state index contributed by atoms with van der Waals surface area (Å²) in [6.07, 6.45) is 0. The molecule has 0 saturated carbocycles. The van der Waals surface area contributed by atoms with Crippen molar-refractivity contribution < 1.29 is 14.2 Å². The molecule has 7 heteroatoms. The van der Waals surface area contributed by atoms with Gasteiger partial charge in [0, 0.05) is 76.5 Å². The van der Waals surface area contributed by atoms with E-state index in [9.17, 15) is 0 Å². The fraction of sp³-hybridized carbons (Fsp3) is 0.351. The number of anilines is 3. The van der Waals surface area contributed by atoms with Gasteiger partial charge in [-0.15, -0.1) is 0 Å². The molecule has 1 aliphatic rings. The van der Waals surface area contributed by atoms with Crippen LogP contribution in [-0.2, 0) is 24.4 Å². The van der Waals surface area contributed by atoms with Gasteiger partial charge in [0.05, 0.1) is 20.3 Å². The minimum atomic E-state index is 0.511. The first-order valence-corrected chi connectivity index (χ1v) is 15.4. The molecule has 1 heterocycles. The summed E-state index contributed by atoms with van der Waals surface area (Å²) in [5, 5.41) is 0. The molecule has 0 radical (unpaired) electrons. The number of piperazine rings is 1. The van der Waals surface area contributed by atoms with E-state index in [0.29, 0.717) is 19.8 Å². The lowest BCUT2D eigenvalue weighted by Gasteiger charge is -2.34. The van der Waals surface area contributed by atoms with Gasteiger partial charge in [0.15, 0.2) is 0 Å². The van der Waals surface area contributed by atoms with E-state index in [1.807, 2.05) is 38.4 Å². The summed E-state index contributed by atoms with van der Waals surface area (Å²) in [5.41, 5.74) is 7.23. The molecule has 1 aliphatic heterocycles. The van der Waals surface area contributed by atoms with Gasteiger partial charge in [0.25, 0.3) is 0 Å². The quantitative estimate of drug-likeness (QED) is 0.158. The van der Waals surface area contributed by atoms with Gasteiger partial charge in [-0.3, -0.25) is 0 Å². The Bertz CT molecular complexity index is 1430. The van der Waals surface area contributed by atoms with Crippen LogP contribution in [0, 0.1) is 0 Å². The smallest absolute Gasteiger partial charge is 0.121 e. The van der Waals surface area contributed by atoms with Gasteiger partial charge in [-0.25, -0.2) is 0 Å². The van der Waals surface area contributed by atoms with Crippen LogP contribution in [0.2, 0.25) is 0 Å². The van der Waals surface area contributed by atoms with E-state index in [2.05, 4.69) is 99.4 Å². The average Bonchev–Trinajstić information content (AvgIpc) is 3.05. The first-order chi connectivity index (χ1) is 21.5. The largest absolute Gasteiger partial charge is 0.497 e. The molecule has 0 spiro atoms. The van der Waals surface area contributed by atoms with E-state index < -0.39 is 0 Å². The van der Waals surface area contributed by atoms with E-state index in [0.717, 1.165) is 62.0 Å². The molecule has 0 aromatic heterocycles. The molecule has 5 rings (SSSR count). The molecular formula is C37H46N4O3. The maximum atomic E-state index is 5.93. The molecule has 1 fully saturated rings. The number of likely N-dealkylation sites (N-methyl/N-ethyl adjacent to an activating group) is 1. The zero-order valence-corrected chi connectivity index (χ0v) is 26.6. The maximum Gasteiger partial charge on any atom is 0.121 e. The average molecular weight is 595 g/mol. The summed E-state index contributed by atoms with van der Waals surface area (Å²) < 4.78 is 17.3. The Morgan fingerprint density at radius 3 is 2.07 bits per heavy atom. The maximum absolute atomic E-state index is 5.93. The van der Waals surface area contributed by atoms with E-state index >= 15 is 0 Å². The number of nitrogens with zero attached hydrogens (tertiary/aromatic N) is 4. The summed E-state index contributed by atoms with van der Waals surface area (Å²) in [7, 11) is 7.96. The lowest BCUT2D eigenvalue weighted by molar-refractivity contribution is 0.0889. The van der Waals surface area contributed by atoms with Gasteiger partial charge in [-0.2, -0.15) is 0 Å². The van der Waals surface area contributed by atoms with Crippen LogP contribution in [0.25, 0.3) is 0 Å². The van der Waals surface area contributed by atoms with Gasteiger partial charge in [0.1, 0.15) is 18.1 Å². The number of hydrogen-bond donors (Lipinski definition) is 0. The predicted molar refractivity (Wildman–Crippen MR) is 181 cm³/mol. The standard InChI is InChI=1S/C37H46N4O3/c1-38(2)35-8-6-10-37(26-35)44-24-23-43-29-31-13-17-34(18-14-31)41(28-32-7-5-9-36(25-32)42-4)27-30-11-15-33(16-12-30)40-21-19-39(3)20-22-40/h5-18,25-26H,19-24,27-29H2,1-4H3. The molecule has 0 bridgehead atoms. The minimum absolute atomic E-state index is 0.511. The van der Waals surface area contributed by atoms with E-state index in [4.69, 9.17) is 14.2 Å². The predicted octanol–water partition coefficient (Wildman–Crippen LogP) is 6.32. The lowest BCUT2D eigenvalue weighted by Crippen LogP contribution is -2.44. The third-order valence-corrected chi connectivity index (χ3v) is 8.09. The lowest BCUT2D eigenvalue weighted by atomic mass is 10.1. The molecular weight excluding hydrogens is 548 g/mol. The SMILES string of the molecule is COc1cccc(CN(Cc2ccc(N3CCN(C)CC3)cc2)c2ccc(COCCOc3cccc(N(C)C)c3)cc2)c1. The van der Waals surface area contributed by atoms with Crippen LogP contribution in [-0.4, -0.2) is 72.5 Å². The van der Waals surface area contributed by atoms with Crippen molar-refractivity contribution in [3.05, 3.63) is 114 Å². The second-order valence-electron chi connectivity index (χ2n) is 11.6. The van der Waals surface area contributed by atoms with Gasteiger partial charge in [-0.1, -0.05) is 42.5 Å². The van der Waals surface area contributed by atoms with Gasteiger partial charge in [0.2, 0.25) is 0 Å². The Balaban J connectivity index is 1.19. The van der Waals surface area contributed by atoms with Crippen molar-refractivity contribution in [3.8, 4) is 11.5 Å². The number of benzene rings is 4. The Hall–Kier alpha value is -4.20. The molecule has 7 nitrogen and oxygen atoms in total. The number of rotatable bonds is 14. The van der Waals surface area contributed by atoms with Crippen molar-refractivity contribution in [1.82, 2.24) is 4.90 Å². The highest BCUT2D eigenvalue weighted by molar-refractivity contribution is 5.52. The molecule has 1 saturated heterocycles. The van der Waals surface area contributed by atoms with E-state index in [1.165, 1.54) is 22.5 Å². The second-order valence-corrected chi connectivity index (χ2v) is 11.6. The first kappa shape index (κ1) is 31.2. The van der Waals surface area contributed by atoms with Crippen molar-refractivity contribution in [2.75, 3.05) is 82.3 Å². The molecule has 0 unspecified atom stereocenters. The van der Waals surface area contributed by atoms with Crippen LogP contribution >= 0.6 is 0 Å². The van der Waals surface area contributed by atoms with Crippen LogP contribution in [0.15, 0.2) is 97.1 Å². The number of hydrogen-bond acceptors (Lipinski definition) is 7. The monoisotopic (exact) mass is 594 g/mol. The van der Waals surface area contributed by atoms with Crippen LogP contribution < -0.4 is 24.2 Å². The van der Waals surface area contributed by atoms with Crippen molar-refractivity contribution in [2.24, 2.45) is 0 Å². The van der Waals surface area contributed by atoms with Crippen molar-refractivity contribution in [1.29, 1.82) is 0 Å². The molecule has 232 valence electrons. The normalized spacial score (nSPS) is 13.5. The summed E-state index contributed by atoms with van der Waals surface area (Å²) >= 11 is 0. The van der Waals surface area contributed by atoms with Crippen LogP contribution in [0.3, 0.4) is 0 Å². The van der Waals surface area contributed by atoms with Gasteiger partial charge < -0.3 is 33.8 Å². The van der Waals surface area contributed by atoms with Crippen molar-refractivity contribution in [3.63, 3.8) is 0 Å². The fourth-order valence-electron chi connectivity index (χ4n) is 5.39. The Morgan fingerprint density at radius 1 is 0.659 bits per heavy atom. The van der Waals surface area contributed by atoms with E-state index in [1.54, 1.807) is 7.11 Å². The molecule has 44 heavy (non-hydrogen) atoms. The van der Waals surface area contributed by atoms with Crippen LogP contribution in [0.1, 0.15) is 16.7 Å². The minimum Gasteiger partial charge on any atom is -0.497 e. The summed E-state index contributed by atoms with van der Waals surface area (Å²) in [5.74, 6) is 1.73. The van der Waals surface area contributed by atoms with Crippen molar-refractivity contribution >= 4 is 17.1 Å². The molecule has 4 aromatic rings. The molecule has 0 N–H and O–H groups in total. The fourth-order valence-corrected chi connectivity index (χ4v) is 5.39. The summed E-state index contributed by atoms with van der Waals surface area (Å²) in [6.45, 7) is 7.54. The Morgan fingerprint density at radius 2 is 1.34 bits per heavy atom. The number of methoxy groups -OCH3 is 1. The zero-order valence-electron chi connectivity index (χ0n) is 26.6. The Labute approximate surface area is 263 Å². The first-order valence-electron chi connectivity index (χ1n) is 15.4. The van der Waals surface area contributed by atoms with E-state index in [-0.39, 0.29) is 0 Å². The molecule has 0 aliphatic carbocycles. The summed E-state index contributed by atoms with van der Waals surface area (Å²) in [6, 6.07) is 34.2. The highest BCUT2D eigenvalue weighted by atomic mass is 16.5. The van der Waals surface area contributed by atoms with Gasteiger partial charge >= 0.3 is 0 Å². The van der Waals surface area contributed by atoms with Crippen molar-refractivity contribution in [2.45, 2.75) is 19.7 Å². The third kappa shape index (κ3) is 8.91. The van der Waals surface area contributed by atoms with Crippen LogP contribution in [0.4, 0.5) is 17.1 Å².